The number of ether oxygens (including phenoxy) is 2. The normalized spacial score (nSPS) is 34.6. The van der Waals surface area contributed by atoms with E-state index < -0.39 is 0 Å². The lowest BCUT2D eigenvalue weighted by atomic mass is 9.53. The highest BCUT2D eigenvalue weighted by molar-refractivity contribution is 6.32. The molecule has 4 heteroatoms. The second-order valence-electron chi connectivity index (χ2n) is 7.33. The maximum absolute atomic E-state index is 6.86. The molecule has 4 fully saturated rings. The minimum atomic E-state index is 0.0382. The standard InChI is InChI=1S/C19H22Cl2O2/c1-22-16-7-12(3-4-15(16)20)18(23-2)17-13-5-11-6-14(17)10-19(21,8-11)9-13/h3-4,7,11,13-14H,5-6,8-10H2,1-2H3. The van der Waals surface area contributed by atoms with Gasteiger partial charge in [-0.2, -0.15) is 0 Å². The molecule has 4 bridgehead atoms. The van der Waals surface area contributed by atoms with E-state index in [1.807, 2.05) is 18.2 Å². The first-order chi connectivity index (χ1) is 11.0. The van der Waals surface area contributed by atoms with Gasteiger partial charge in [-0.1, -0.05) is 11.6 Å². The highest BCUT2D eigenvalue weighted by Crippen LogP contribution is 2.61. The molecule has 1 aromatic carbocycles. The Bertz CT molecular complexity index is 649. The highest BCUT2D eigenvalue weighted by Gasteiger charge is 2.53. The van der Waals surface area contributed by atoms with Crippen molar-refractivity contribution in [3.05, 3.63) is 34.4 Å². The molecule has 0 spiro atoms. The molecule has 5 rings (SSSR count). The molecule has 0 radical (unpaired) electrons. The number of halogens is 2. The summed E-state index contributed by atoms with van der Waals surface area (Å²) in [7, 11) is 3.41. The lowest BCUT2D eigenvalue weighted by Crippen LogP contribution is -2.48. The number of hydrogen-bond donors (Lipinski definition) is 0. The van der Waals surface area contributed by atoms with Crippen LogP contribution in [0.25, 0.3) is 5.76 Å². The fraction of sp³-hybridized carbons (Fsp3) is 0.579. The molecule has 2 nitrogen and oxygen atoms in total. The zero-order valence-corrected chi connectivity index (χ0v) is 15.1. The maximum Gasteiger partial charge on any atom is 0.138 e. The van der Waals surface area contributed by atoms with Gasteiger partial charge in [-0.3, -0.25) is 0 Å². The molecule has 0 aliphatic heterocycles. The average molecular weight is 353 g/mol. The molecule has 124 valence electrons. The molecule has 0 saturated heterocycles. The summed E-state index contributed by atoms with van der Waals surface area (Å²) in [6.07, 6.45) is 5.91. The van der Waals surface area contributed by atoms with Gasteiger partial charge >= 0.3 is 0 Å². The Morgan fingerprint density at radius 3 is 2.39 bits per heavy atom. The number of allylic oxidation sites excluding steroid dienone is 1. The van der Waals surface area contributed by atoms with Crippen LogP contribution in [0.1, 0.15) is 37.7 Å². The van der Waals surface area contributed by atoms with E-state index in [2.05, 4.69) is 0 Å². The summed E-state index contributed by atoms with van der Waals surface area (Å²) < 4.78 is 11.2. The van der Waals surface area contributed by atoms with Crippen molar-refractivity contribution in [2.45, 2.75) is 37.0 Å². The maximum atomic E-state index is 6.86. The predicted molar refractivity (Wildman–Crippen MR) is 94.1 cm³/mol. The number of alkyl halides is 1. The van der Waals surface area contributed by atoms with E-state index in [0.717, 1.165) is 30.1 Å². The highest BCUT2D eigenvalue weighted by atomic mass is 35.5. The fourth-order valence-electron chi connectivity index (χ4n) is 5.27. The third-order valence-electron chi connectivity index (χ3n) is 5.87. The van der Waals surface area contributed by atoms with Crippen molar-refractivity contribution >= 4 is 29.0 Å². The summed E-state index contributed by atoms with van der Waals surface area (Å²) in [5.41, 5.74) is 2.53. The summed E-state index contributed by atoms with van der Waals surface area (Å²) in [6.45, 7) is 0. The topological polar surface area (TPSA) is 18.5 Å². The van der Waals surface area contributed by atoms with E-state index in [-0.39, 0.29) is 4.87 Å². The van der Waals surface area contributed by atoms with Crippen LogP contribution in [-0.2, 0) is 4.74 Å². The van der Waals surface area contributed by atoms with Crippen LogP contribution in [0.15, 0.2) is 23.8 Å². The molecule has 0 heterocycles. The van der Waals surface area contributed by atoms with Gasteiger partial charge in [0.15, 0.2) is 0 Å². The van der Waals surface area contributed by atoms with Crippen LogP contribution in [0.3, 0.4) is 0 Å². The van der Waals surface area contributed by atoms with Crippen LogP contribution < -0.4 is 4.74 Å². The molecule has 0 N–H and O–H groups in total. The van der Waals surface area contributed by atoms with Crippen molar-refractivity contribution in [2.75, 3.05) is 14.2 Å². The molecular formula is C19H22Cl2O2. The Kier molecular flexibility index (Phi) is 3.81. The Balaban J connectivity index is 1.78. The predicted octanol–water partition coefficient (Wildman–Crippen LogP) is 5.52. The van der Waals surface area contributed by atoms with Gasteiger partial charge in [0.1, 0.15) is 11.5 Å². The molecule has 2 unspecified atom stereocenters. The van der Waals surface area contributed by atoms with Gasteiger partial charge in [0.25, 0.3) is 0 Å². The number of methoxy groups -OCH3 is 2. The Morgan fingerprint density at radius 1 is 1.13 bits per heavy atom. The first kappa shape index (κ1) is 15.7. The van der Waals surface area contributed by atoms with Crippen LogP contribution in [-0.4, -0.2) is 19.1 Å². The van der Waals surface area contributed by atoms with E-state index in [1.54, 1.807) is 14.2 Å². The largest absolute Gasteiger partial charge is 0.496 e. The van der Waals surface area contributed by atoms with Crippen molar-refractivity contribution in [1.82, 2.24) is 0 Å². The zero-order chi connectivity index (χ0) is 16.2. The third kappa shape index (κ3) is 2.55. The first-order valence-electron chi connectivity index (χ1n) is 8.34. The van der Waals surface area contributed by atoms with Gasteiger partial charge in [-0.25, -0.2) is 0 Å². The number of hydrogen-bond acceptors (Lipinski definition) is 2. The van der Waals surface area contributed by atoms with Crippen molar-refractivity contribution in [2.24, 2.45) is 17.8 Å². The number of benzene rings is 1. The van der Waals surface area contributed by atoms with Gasteiger partial charge < -0.3 is 9.47 Å². The van der Waals surface area contributed by atoms with Gasteiger partial charge in [-0.05, 0) is 73.6 Å². The van der Waals surface area contributed by atoms with Crippen molar-refractivity contribution in [3.63, 3.8) is 0 Å². The molecule has 4 aliphatic carbocycles. The number of rotatable bonds is 3. The van der Waals surface area contributed by atoms with Gasteiger partial charge in [0.05, 0.1) is 19.2 Å². The Labute approximate surface area is 147 Å². The molecule has 2 atom stereocenters. The van der Waals surface area contributed by atoms with Crippen molar-refractivity contribution < 1.29 is 9.47 Å². The van der Waals surface area contributed by atoms with E-state index in [4.69, 9.17) is 32.7 Å². The molecule has 0 amide bonds. The summed E-state index contributed by atoms with van der Waals surface area (Å²) >= 11 is 13.0. The lowest BCUT2D eigenvalue weighted by Gasteiger charge is -2.55. The summed E-state index contributed by atoms with van der Waals surface area (Å²) in [5.74, 6) is 3.63. The smallest absolute Gasteiger partial charge is 0.138 e. The Hall–Kier alpha value is -0.860. The second kappa shape index (κ2) is 5.60. The van der Waals surface area contributed by atoms with E-state index in [0.29, 0.717) is 22.6 Å². The van der Waals surface area contributed by atoms with Crippen LogP contribution in [0, 0.1) is 17.8 Å². The summed E-state index contributed by atoms with van der Waals surface area (Å²) in [4.78, 5) is 0.0382. The third-order valence-corrected chi connectivity index (χ3v) is 6.65. The summed E-state index contributed by atoms with van der Waals surface area (Å²) in [6, 6.07) is 5.89. The second-order valence-corrected chi connectivity index (χ2v) is 8.54. The zero-order valence-electron chi connectivity index (χ0n) is 13.6. The van der Waals surface area contributed by atoms with Crippen molar-refractivity contribution in [3.8, 4) is 5.75 Å². The molecule has 23 heavy (non-hydrogen) atoms. The summed E-state index contributed by atoms with van der Waals surface area (Å²) in [5, 5.41) is 0.626. The average Bonchev–Trinajstić information content (AvgIpc) is 2.50. The van der Waals surface area contributed by atoms with Gasteiger partial charge in [0.2, 0.25) is 0 Å². The fourth-order valence-corrected chi connectivity index (χ4v) is 6.05. The minimum absolute atomic E-state index is 0.0382. The monoisotopic (exact) mass is 352 g/mol. The van der Waals surface area contributed by atoms with Gasteiger partial charge in [-0.15, -0.1) is 11.6 Å². The molecule has 0 aromatic heterocycles. The van der Waals surface area contributed by atoms with E-state index in [1.165, 1.54) is 24.8 Å². The van der Waals surface area contributed by atoms with E-state index >= 15 is 0 Å². The van der Waals surface area contributed by atoms with Crippen LogP contribution >= 0.6 is 23.2 Å². The van der Waals surface area contributed by atoms with Gasteiger partial charge in [0, 0.05) is 10.4 Å². The van der Waals surface area contributed by atoms with Crippen LogP contribution in [0.2, 0.25) is 5.02 Å². The first-order valence-corrected chi connectivity index (χ1v) is 9.09. The van der Waals surface area contributed by atoms with Crippen LogP contribution in [0.4, 0.5) is 0 Å². The molecule has 1 aromatic rings. The molecule has 4 aliphatic rings. The van der Waals surface area contributed by atoms with Crippen molar-refractivity contribution in [1.29, 1.82) is 0 Å². The SMILES string of the molecule is COC(=C1C2CC3CC1CC(Cl)(C3)C2)c1ccc(Cl)c(OC)c1. The lowest BCUT2D eigenvalue weighted by molar-refractivity contribution is 0.0843. The Morgan fingerprint density at radius 2 is 1.83 bits per heavy atom. The van der Waals surface area contributed by atoms with E-state index in [9.17, 15) is 0 Å². The molecule has 4 saturated carbocycles. The minimum Gasteiger partial charge on any atom is -0.496 e. The quantitative estimate of drug-likeness (QED) is 0.526. The van der Waals surface area contributed by atoms with Crippen LogP contribution in [0.5, 0.6) is 5.75 Å². The molecular weight excluding hydrogens is 331 g/mol.